The molecule has 1 amide bonds. The Labute approximate surface area is 190 Å². The highest BCUT2D eigenvalue weighted by Gasteiger charge is 2.35. The molecule has 5 rings (SSSR count). The largest absolute Gasteiger partial charge is 0.494 e. The van der Waals surface area contributed by atoms with E-state index in [1.165, 1.54) is 10.9 Å². The molecule has 1 atom stereocenters. The molecule has 0 bridgehead atoms. The first-order valence-electron chi connectivity index (χ1n) is 10.5. The minimum absolute atomic E-state index is 0.0238. The number of nitrogens with one attached hydrogen (secondary N) is 1. The monoisotopic (exact) mass is 474 g/mol. The van der Waals surface area contributed by atoms with Gasteiger partial charge in [-0.05, 0) is 70.7 Å². The summed E-state index contributed by atoms with van der Waals surface area (Å²) in [5.74, 6) is 0.860. The van der Waals surface area contributed by atoms with E-state index in [0.717, 1.165) is 33.4 Å². The lowest BCUT2D eigenvalue weighted by molar-refractivity contribution is 0.0691. The molecule has 4 aromatic rings. The molecule has 3 aromatic carbocycles. The van der Waals surface area contributed by atoms with Crippen molar-refractivity contribution < 1.29 is 9.53 Å². The number of carbonyl (C=O) groups excluding carboxylic acids is 1. The number of H-pyrrole nitrogens is 1. The third-order valence-electron chi connectivity index (χ3n) is 5.91. The molecular formula is C26H23BrN2O2. The zero-order valence-electron chi connectivity index (χ0n) is 17.3. The van der Waals surface area contributed by atoms with Crippen LogP contribution in [0.2, 0.25) is 0 Å². The number of fused-ring (bicyclic) bond motifs is 3. The lowest BCUT2D eigenvalue weighted by Crippen LogP contribution is -2.40. The molecule has 0 fully saturated rings. The van der Waals surface area contributed by atoms with Crippen LogP contribution in [0.5, 0.6) is 5.75 Å². The molecule has 4 nitrogen and oxygen atoms in total. The van der Waals surface area contributed by atoms with Gasteiger partial charge in [-0.25, -0.2) is 0 Å². The second-order valence-corrected chi connectivity index (χ2v) is 8.55. The number of nitrogens with zero attached hydrogens (tertiary/aromatic N) is 1. The molecule has 0 radical (unpaired) electrons. The van der Waals surface area contributed by atoms with Gasteiger partial charge in [-0.15, -0.1) is 0 Å². The van der Waals surface area contributed by atoms with Gasteiger partial charge in [-0.1, -0.05) is 42.5 Å². The van der Waals surface area contributed by atoms with E-state index in [1.807, 2.05) is 54.3 Å². The first-order valence-corrected chi connectivity index (χ1v) is 11.3. The summed E-state index contributed by atoms with van der Waals surface area (Å²) in [6.45, 7) is 3.26. The van der Waals surface area contributed by atoms with Crippen molar-refractivity contribution in [1.82, 2.24) is 9.88 Å². The second-order valence-electron chi connectivity index (χ2n) is 7.70. The summed E-state index contributed by atoms with van der Waals surface area (Å²) < 4.78 is 6.44. The number of hydrogen-bond acceptors (Lipinski definition) is 2. The van der Waals surface area contributed by atoms with Crippen LogP contribution < -0.4 is 4.74 Å². The summed E-state index contributed by atoms with van der Waals surface area (Å²) in [4.78, 5) is 19.3. The Morgan fingerprint density at radius 2 is 1.81 bits per heavy atom. The van der Waals surface area contributed by atoms with Crippen molar-refractivity contribution in [2.45, 2.75) is 19.4 Å². The summed E-state index contributed by atoms with van der Waals surface area (Å²) in [6.07, 6.45) is 0.822. The lowest BCUT2D eigenvalue weighted by Gasteiger charge is -2.36. The van der Waals surface area contributed by atoms with Crippen LogP contribution in [0.15, 0.2) is 77.3 Å². The Hall–Kier alpha value is -3.05. The Morgan fingerprint density at radius 1 is 1.06 bits per heavy atom. The van der Waals surface area contributed by atoms with E-state index in [0.29, 0.717) is 18.7 Å². The van der Waals surface area contributed by atoms with E-state index in [9.17, 15) is 4.79 Å². The molecule has 5 heteroatoms. The number of rotatable bonds is 4. The van der Waals surface area contributed by atoms with Gasteiger partial charge < -0.3 is 14.6 Å². The van der Waals surface area contributed by atoms with Gasteiger partial charge in [0.1, 0.15) is 5.75 Å². The fourth-order valence-corrected chi connectivity index (χ4v) is 4.96. The quantitative estimate of drug-likeness (QED) is 0.387. The van der Waals surface area contributed by atoms with E-state index >= 15 is 0 Å². The third kappa shape index (κ3) is 3.53. The van der Waals surface area contributed by atoms with E-state index in [4.69, 9.17) is 4.74 Å². The number of aromatic nitrogens is 1. The zero-order chi connectivity index (χ0) is 21.4. The predicted molar refractivity (Wildman–Crippen MR) is 127 cm³/mol. The highest BCUT2D eigenvalue weighted by molar-refractivity contribution is 9.10. The number of amides is 1. The van der Waals surface area contributed by atoms with Crippen molar-refractivity contribution >= 4 is 32.7 Å². The van der Waals surface area contributed by atoms with Gasteiger partial charge in [-0.2, -0.15) is 0 Å². The van der Waals surface area contributed by atoms with Crippen molar-refractivity contribution in [2.24, 2.45) is 0 Å². The number of hydrogen-bond donors (Lipinski definition) is 1. The Kier molecular flexibility index (Phi) is 5.28. The first-order chi connectivity index (χ1) is 15.2. The fourth-order valence-electron chi connectivity index (χ4n) is 4.51. The van der Waals surface area contributed by atoms with E-state index < -0.39 is 0 Å². The summed E-state index contributed by atoms with van der Waals surface area (Å²) in [7, 11) is 0. The second kappa shape index (κ2) is 8.23. The minimum Gasteiger partial charge on any atom is -0.494 e. The summed E-state index contributed by atoms with van der Waals surface area (Å²) in [5, 5.41) is 1.24. The van der Waals surface area contributed by atoms with Gasteiger partial charge in [-0.3, -0.25) is 4.79 Å². The number of halogens is 1. The number of aromatic amines is 1. The highest BCUT2D eigenvalue weighted by Crippen LogP contribution is 2.40. The molecule has 1 N–H and O–H groups in total. The van der Waals surface area contributed by atoms with Crippen molar-refractivity contribution in [1.29, 1.82) is 0 Å². The minimum atomic E-state index is -0.188. The van der Waals surface area contributed by atoms with Crippen LogP contribution in [0.1, 0.15) is 40.1 Å². The molecule has 0 spiro atoms. The number of ether oxygens (including phenoxy) is 1. The van der Waals surface area contributed by atoms with Crippen LogP contribution in [0, 0.1) is 0 Å². The van der Waals surface area contributed by atoms with Gasteiger partial charge in [0.2, 0.25) is 0 Å². The predicted octanol–water partition coefficient (Wildman–Crippen LogP) is 6.12. The average molecular weight is 475 g/mol. The van der Waals surface area contributed by atoms with Crippen LogP contribution in [-0.4, -0.2) is 28.9 Å². The maximum atomic E-state index is 13.7. The summed E-state index contributed by atoms with van der Waals surface area (Å²) in [5.41, 5.74) is 5.25. The molecule has 1 aliphatic rings. The van der Waals surface area contributed by atoms with Crippen LogP contribution >= 0.6 is 15.9 Å². The van der Waals surface area contributed by atoms with Crippen LogP contribution in [-0.2, 0) is 6.42 Å². The number of para-hydroxylation sites is 1. The molecule has 0 unspecified atom stereocenters. The molecular weight excluding hydrogens is 452 g/mol. The topological polar surface area (TPSA) is 45.3 Å². The summed E-state index contributed by atoms with van der Waals surface area (Å²) >= 11 is 3.55. The standard InChI is InChI=1S/C26H23BrN2O2/c1-2-31-18-13-11-17(12-14-18)25-24-20(19-7-4-6-10-23(19)28-24)15-16-29(25)26(30)21-8-3-5-9-22(21)27/h3-14,25,28H,2,15-16H2,1H3/t25-/m0/s1. The zero-order valence-corrected chi connectivity index (χ0v) is 18.9. The highest BCUT2D eigenvalue weighted by atomic mass is 79.9. The van der Waals surface area contributed by atoms with Gasteiger partial charge in [0.15, 0.2) is 0 Å². The SMILES string of the molecule is CCOc1ccc([C@H]2c3[nH]c4ccccc4c3CCN2C(=O)c2ccccc2Br)cc1. The van der Waals surface area contributed by atoms with Gasteiger partial charge in [0.05, 0.1) is 18.2 Å². The molecule has 1 aromatic heterocycles. The Morgan fingerprint density at radius 3 is 2.58 bits per heavy atom. The smallest absolute Gasteiger partial charge is 0.255 e. The Balaban J connectivity index is 1.64. The molecule has 0 saturated heterocycles. The van der Waals surface area contributed by atoms with Gasteiger partial charge >= 0.3 is 0 Å². The van der Waals surface area contributed by atoms with Crippen molar-refractivity contribution in [3.05, 3.63) is 99.7 Å². The molecule has 31 heavy (non-hydrogen) atoms. The van der Waals surface area contributed by atoms with E-state index in [1.54, 1.807) is 0 Å². The van der Waals surface area contributed by atoms with E-state index in [2.05, 4.69) is 51.2 Å². The summed E-state index contributed by atoms with van der Waals surface area (Å²) in [6, 6.07) is 23.9. The Bertz CT molecular complexity index is 1250. The van der Waals surface area contributed by atoms with Crippen molar-refractivity contribution in [2.75, 3.05) is 13.2 Å². The number of carbonyl (C=O) groups is 1. The maximum absolute atomic E-state index is 13.7. The lowest BCUT2D eigenvalue weighted by atomic mass is 9.91. The average Bonchev–Trinajstić information content (AvgIpc) is 3.18. The van der Waals surface area contributed by atoms with E-state index in [-0.39, 0.29) is 11.9 Å². The molecule has 1 aliphatic heterocycles. The molecule has 0 saturated carbocycles. The molecule has 2 heterocycles. The van der Waals surface area contributed by atoms with Crippen molar-refractivity contribution in [3.8, 4) is 5.75 Å². The van der Waals surface area contributed by atoms with Gasteiger partial charge in [0.25, 0.3) is 5.91 Å². The van der Waals surface area contributed by atoms with Crippen LogP contribution in [0.25, 0.3) is 10.9 Å². The normalized spacial score (nSPS) is 15.7. The number of benzene rings is 3. The fraction of sp³-hybridized carbons (Fsp3) is 0.192. The first kappa shape index (κ1) is 19.9. The van der Waals surface area contributed by atoms with Crippen LogP contribution in [0.3, 0.4) is 0 Å². The van der Waals surface area contributed by atoms with Crippen molar-refractivity contribution in [3.63, 3.8) is 0 Å². The maximum Gasteiger partial charge on any atom is 0.255 e. The van der Waals surface area contributed by atoms with Gasteiger partial charge in [0, 0.05) is 27.6 Å². The molecule has 156 valence electrons. The molecule has 0 aliphatic carbocycles. The van der Waals surface area contributed by atoms with Crippen LogP contribution in [0.4, 0.5) is 0 Å². The third-order valence-corrected chi connectivity index (χ3v) is 6.60.